The van der Waals surface area contributed by atoms with Crippen LogP contribution in [0, 0.1) is 24.1 Å². The van der Waals surface area contributed by atoms with Crippen molar-refractivity contribution in [1.82, 2.24) is 4.98 Å². The SMILES string of the molecule is C=C(C#N)c1nc(-c2cc(F)ccc2C)cs1. The minimum Gasteiger partial charge on any atom is -0.235 e. The zero-order valence-electron chi connectivity index (χ0n) is 9.20. The van der Waals surface area contributed by atoms with E-state index in [9.17, 15) is 4.39 Å². The van der Waals surface area contributed by atoms with E-state index in [0.29, 0.717) is 16.3 Å². The molecule has 0 N–H and O–H groups in total. The highest BCUT2D eigenvalue weighted by Gasteiger charge is 2.09. The Hall–Kier alpha value is -1.99. The van der Waals surface area contributed by atoms with E-state index in [-0.39, 0.29) is 5.82 Å². The summed E-state index contributed by atoms with van der Waals surface area (Å²) in [6.45, 7) is 5.50. The molecule has 0 aliphatic rings. The Labute approximate surface area is 103 Å². The van der Waals surface area contributed by atoms with Gasteiger partial charge in [0.1, 0.15) is 16.9 Å². The fraction of sp³-hybridized carbons (Fsp3) is 0.0769. The molecule has 84 valence electrons. The fourth-order valence-corrected chi connectivity index (χ4v) is 2.20. The van der Waals surface area contributed by atoms with Crippen molar-refractivity contribution in [2.75, 3.05) is 0 Å². The molecule has 0 bridgehead atoms. The van der Waals surface area contributed by atoms with Crippen molar-refractivity contribution in [1.29, 1.82) is 5.26 Å². The summed E-state index contributed by atoms with van der Waals surface area (Å²) >= 11 is 1.34. The van der Waals surface area contributed by atoms with Crippen LogP contribution >= 0.6 is 11.3 Å². The van der Waals surface area contributed by atoms with Crippen LogP contribution in [0.25, 0.3) is 16.8 Å². The van der Waals surface area contributed by atoms with Crippen LogP contribution in [0.4, 0.5) is 4.39 Å². The molecule has 0 fully saturated rings. The molecule has 0 amide bonds. The maximum Gasteiger partial charge on any atom is 0.134 e. The first kappa shape index (κ1) is 11.5. The van der Waals surface area contributed by atoms with Crippen molar-refractivity contribution < 1.29 is 4.39 Å². The number of allylic oxidation sites excluding steroid dienone is 1. The van der Waals surface area contributed by atoms with Gasteiger partial charge in [0.15, 0.2) is 0 Å². The van der Waals surface area contributed by atoms with Gasteiger partial charge in [0.25, 0.3) is 0 Å². The van der Waals surface area contributed by atoms with E-state index in [4.69, 9.17) is 5.26 Å². The summed E-state index contributed by atoms with van der Waals surface area (Å²) in [4.78, 5) is 4.28. The van der Waals surface area contributed by atoms with Gasteiger partial charge in [-0.15, -0.1) is 11.3 Å². The third-order valence-electron chi connectivity index (χ3n) is 2.37. The second kappa shape index (κ2) is 4.48. The highest BCUT2D eigenvalue weighted by Crippen LogP contribution is 2.28. The topological polar surface area (TPSA) is 36.7 Å². The fourth-order valence-electron chi connectivity index (χ4n) is 1.45. The van der Waals surface area contributed by atoms with Crippen molar-refractivity contribution in [2.45, 2.75) is 6.92 Å². The van der Waals surface area contributed by atoms with Gasteiger partial charge in [-0.1, -0.05) is 12.6 Å². The first-order valence-electron chi connectivity index (χ1n) is 4.93. The van der Waals surface area contributed by atoms with Gasteiger partial charge in [-0.2, -0.15) is 5.26 Å². The number of hydrogen-bond acceptors (Lipinski definition) is 3. The number of halogens is 1. The number of benzene rings is 1. The molecular weight excluding hydrogens is 235 g/mol. The van der Waals surface area contributed by atoms with Crippen LogP contribution in [0.3, 0.4) is 0 Å². The lowest BCUT2D eigenvalue weighted by Gasteiger charge is -2.01. The number of hydrogen-bond donors (Lipinski definition) is 0. The average Bonchev–Trinajstić information content (AvgIpc) is 2.80. The number of thiazole rings is 1. The van der Waals surface area contributed by atoms with Crippen LogP contribution in [0.2, 0.25) is 0 Å². The Balaban J connectivity index is 2.48. The van der Waals surface area contributed by atoms with E-state index in [1.165, 1.54) is 23.5 Å². The quantitative estimate of drug-likeness (QED) is 0.753. The Bertz CT molecular complexity index is 623. The largest absolute Gasteiger partial charge is 0.235 e. The van der Waals surface area contributed by atoms with Crippen LogP contribution in [0.5, 0.6) is 0 Å². The van der Waals surface area contributed by atoms with Crippen molar-refractivity contribution >= 4 is 16.9 Å². The normalized spacial score (nSPS) is 9.94. The van der Waals surface area contributed by atoms with E-state index in [1.807, 2.05) is 13.0 Å². The van der Waals surface area contributed by atoms with Gasteiger partial charge in [-0.25, -0.2) is 9.37 Å². The van der Waals surface area contributed by atoms with Gasteiger partial charge >= 0.3 is 0 Å². The maximum absolute atomic E-state index is 13.2. The lowest BCUT2D eigenvalue weighted by molar-refractivity contribution is 0.628. The average molecular weight is 244 g/mol. The summed E-state index contributed by atoms with van der Waals surface area (Å²) in [6.07, 6.45) is 0. The molecule has 0 aliphatic carbocycles. The van der Waals surface area contributed by atoms with E-state index < -0.39 is 0 Å². The molecular formula is C13H9FN2S. The minimum absolute atomic E-state index is 0.292. The molecule has 2 aromatic rings. The molecule has 2 nitrogen and oxygen atoms in total. The monoisotopic (exact) mass is 244 g/mol. The van der Waals surface area contributed by atoms with Crippen LogP contribution in [0.1, 0.15) is 10.6 Å². The molecule has 2 rings (SSSR count). The highest BCUT2D eigenvalue weighted by molar-refractivity contribution is 7.11. The van der Waals surface area contributed by atoms with Gasteiger partial charge in [0.05, 0.1) is 11.3 Å². The Morgan fingerprint density at radius 3 is 3.00 bits per heavy atom. The van der Waals surface area contributed by atoms with Crippen LogP contribution in [-0.2, 0) is 0 Å². The van der Waals surface area contributed by atoms with Crippen molar-refractivity contribution in [3.8, 4) is 17.3 Å². The Kier molecular flexibility index (Phi) is 3.03. The lowest BCUT2D eigenvalue weighted by Crippen LogP contribution is -1.86. The predicted octanol–water partition coefficient (Wildman–Crippen LogP) is 3.79. The van der Waals surface area contributed by atoms with Crippen molar-refractivity contribution in [2.24, 2.45) is 0 Å². The molecule has 4 heteroatoms. The molecule has 0 saturated carbocycles. The number of rotatable bonds is 2. The number of aromatic nitrogens is 1. The standard InChI is InChI=1S/C13H9FN2S/c1-8-3-4-10(14)5-11(8)12-7-17-13(16-12)9(2)6-15/h3-5,7H,2H2,1H3. The summed E-state index contributed by atoms with van der Waals surface area (Å²) in [5.41, 5.74) is 2.71. The number of aryl methyl sites for hydroxylation is 1. The highest BCUT2D eigenvalue weighted by atomic mass is 32.1. The Morgan fingerprint density at radius 2 is 2.29 bits per heavy atom. The van der Waals surface area contributed by atoms with E-state index in [0.717, 1.165) is 11.1 Å². The molecule has 0 spiro atoms. The smallest absolute Gasteiger partial charge is 0.134 e. The number of nitrogens with zero attached hydrogens (tertiary/aromatic N) is 2. The van der Waals surface area contributed by atoms with E-state index >= 15 is 0 Å². The van der Waals surface area contributed by atoms with E-state index in [1.54, 1.807) is 11.4 Å². The van der Waals surface area contributed by atoms with Gasteiger partial charge in [0.2, 0.25) is 0 Å². The third kappa shape index (κ3) is 2.24. The molecule has 17 heavy (non-hydrogen) atoms. The number of nitriles is 1. The molecule has 0 atom stereocenters. The van der Waals surface area contributed by atoms with Crippen molar-refractivity contribution in [3.63, 3.8) is 0 Å². The zero-order valence-corrected chi connectivity index (χ0v) is 10.0. The summed E-state index contributed by atoms with van der Waals surface area (Å²) in [5.74, 6) is -0.292. The summed E-state index contributed by atoms with van der Waals surface area (Å²) in [7, 11) is 0. The first-order chi connectivity index (χ1) is 8.11. The van der Waals surface area contributed by atoms with Crippen LogP contribution < -0.4 is 0 Å². The Morgan fingerprint density at radius 1 is 1.53 bits per heavy atom. The van der Waals surface area contributed by atoms with E-state index in [2.05, 4.69) is 11.6 Å². The predicted molar refractivity (Wildman–Crippen MR) is 66.9 cm³/mol. The molecule has 1 aromatic carbocycles. The zero-order chi connectivity index (χ0) is 12.4. The van der Waals surface area contributed by atoms with Gasteiger partial charge in [-0.05, 0) is 24.6 Å². The molecule has 0 aliphatic heterocycles. The summed E-state index contributed by atoms with van der Waals surface area (Å²) < 4.78 is 13.2. The summed E-state index contributed by atoms with van der Waals surface area (Å²) in [6, 6.07) is 6.53. The molecule has 1 aromatic heterocycles. The molecule has 1 heterocycles. The minimum atomic E-state index is -0.292. The van der Waals surface area contributed by atoms with Crippen LogP contribution in [-0.4, -0.2) is 4.98 Å². The second-order valence-electron chi connectivity index (χ2n) is 3.59. The van der Waals surface area contributed by atoms with Crippen molar-refractivity contribution in [3.05, 3.63) is 46.5 Å². The summed E-state index contributed by atoms with van der Waals surface area (Å²) in [5, 5.41) is 11.1. The molecule has 0 saturated heterocycles. The van der Waals surface area contributed by atoms with Gasteiger partial charge < -0.3 is 0 Å². The lowest BCUT2D eigenvalue weighted by atomic mass is 10.1. The second-order valence-corrected chi connectivity index (χ2v) is 4.45. The molecule has 0 unspecified atom stereocenters. The van der Waals surface area contributed by atoms with Gasteiger partial charge in [0, 0.05) is 10.9 Å². The molecule has 0 radical (unpaired) electrons. The van der Waals surface area contributed by atoms with Crippen LogP contribution in [0.15, 0.2) is 30.2 Å². The maximum atomic E-state index is 13.2. The first-order valence-corrected chi connectivity index (χ1v) is 5.81. The third-order valence-corrected chi connectivity index (χ3v) is 3.27. The van der Waals surface area contributed by atoms with Gasteiger partial charge in [-0.3, -0.25) is 0 Å².